The molecule has 7 heavy (non-hydrogen) atoms. The molecule has 0 atom stereocenters. The third-order valence-corrected chi connectivity index (χ3v) is 0. The maximum absolute atomic E-state index is 8.64. The van der Waals surface area contributed by atoms with E-state index in [4.69, 9.17) is 18.6 Å². The fourth-order valence-corrected chi connectivity index (χ4v) is 0. The van der Waals surface area contributed by atoms with Gasteiger partial charge in [-0.2, -0.15) is 0 Å². The van der Waals surface area contributed by atoms with Crippen LogP contribution < -0.4 is 7.87 Å². The summed E-state index contributed by atoms with van der Waals surface area (Å²) in [7, 11) is 0. The van der Waals surface area contributed by atoms with E-state index in [2.05, 4.69) is 0 Å². The van der Waals surface area contributed by atoms with Crippen LogP contribution in [0.3, 0.4) is 0 Å². The van der Waals surface area contributed by atoms with E-state index >= 15 is 0 Å². The molecule has 0 spiro atoms. The van der Waals surface area contributed by atoms with Crippen molar-refractivity contribution in [3.05, 3.63) is 0 Å². The van der Waals surface area contributed by atoms with E-state index in [0.29, 0.717) is 0 Å². The zero-order valence-electron chi connectivity index (χ0n) is 3.10. The number of hydrogen-bond acceptors (Lipinski definition) is 5. The molecule has 40 valence electrons. The Kier molecular flexibility index (Phi) is 3.49. The molecule has 0 saturated heterocycles. The van der Waals surface area contributed by atoms with Gasteiger partial charge in [0.1, 0.15) is 0 Å². The van der Waals surface area contributed by atoms with Crippen molar-refractivity contribution in [2.75, 3.05) is 0 Å². The van der Waals surface area contributed by atoms with Crippen molar-refractivity contribution >= 4 is 37.7 Å². The monoisotopic (exact) mass is 222 g/mol. The third kappa shape index (κ3) is 135. The summed E-state index contributed by atoms with van der Waals surface area (Å²) in [5, 5.41) is 0. The zero-order chi connectivity index (χ0) is 5.45. The molecule has 7 heteroatoms. The molecule has 0 aromatic carbocycles. The Morgan fingerprint density at radius 2 is 1.00 bits per heavy atom. The van der Waals surface area contributed by atoms with Crippen molar-refractivity contribution in [1.29, 1.82) is 0 Å². The standard InChI is InChI=1S/Ca.5O.Ru/q+2;;;;2*-1;. The van der Waals surface area contributed by atoms with Gasteiger partial charge in [-0.15, -0.1) is 0 Å². The van der Waals surface area contributed by atoms with Gasteiger partial charge in [0.15, 0.2) is 0 Å². The van der Waals surface area contributed by atoms with Crippen LogP contribution in [0.25, 0.3) is 0 Å². The summed E-state index contributed by atoms with van der Waals surface area (Å²) in [6.45, 7) is 0. The van der Waals surface area contributed by atoms with E-state index < -0.39 is 14.2 Å². The first kappa shape index (κ1) is 11.1. The molecular formula is CaO5Ru. The first-order valence-electron chi connectivity index (χ1n) is 0.722. The van der Waals surface area contributed by atoms with Gasteiger partial charge < -0.3 is 0 Å². The van der Waals surface area contributed by atoms with Crippen LogP contribution in [0.2, 0.25) is 0 Å². The van der Waals surface area contributed by atoms with Gasteiger partial charge in [0.05, 0.1) is 0 Å². The Hall–Kier alpha value is 1.20. The van der Waals surface area contributed by atoms with Gasteiger partial charge in [-0.05, 0) is 0 Å². The Bertz CT molecular complexity index is 186. The summed E-state index contributed by atoms with van der Waals surface area (Å²) in [5.74, 6) is 0. The van der Waals surface area contributed by atoms with Crippen LogP contribution in [0.1, 0.15) is 0 Å². The van der Waals surface area contributed by atoms with Gasteiger partial charge in [0.2, 0.25) is 0 Å². The quantitative estimate of drug-likeness (QED) is 0.403. The molecule has 0 radical (unpaired) electrons. The van der Waals surface area contributed by atoms with Crippen molar-refractivity contribution < 1.29 is 32.8 Å². The molecular weight excluding hydrogens is 221 g/mol. The van der Waals surface area contributed by atoms with Crippen LogP contribution >= 0.6 is 0 Å². The average Bonchev–Trinajstić information content (AvgIpc) is 0.650. The summed E-state index contributed by atoms with van der Waals surface area (Å²) in [4.78, 5) is 0. The van der Waals surface area contributed by atoms with Crippen molar-refractivity contribution in [2.45, 2.75) is 0 Å². The molecule has 0 fully saturated rings. The summed E-state index contributed by atoms with van der Waals surface area (Å²) >= 11 is -7.72. The molecule has 0 aromatic heterocycles. The fourth-order valence-electron chi connectivity index (χ4n) is 0. The molecule has 5 nitrogen and oxygen atoms in total. The topological polar surface area (TPSA) is 97.3 Å². The third-order valence-electron chi connectivity index (χ3n) is 0. The molecule has 0 N–H and O–H groups in total. The Balaban J connectivity index is 0. The summed E-state index contributed by atoms with van der Waals surface area (Å²) in [5.41, 5.74) is 0. The maximum atomic E-state index is 8.64. The molecule has 0 aromatic rings. The van der Waals surface area contributed by atoms with Gasteiger partial charge in [-0.25, -0.2) is 0 Å². The van der Waals surface area contributed by atoms with E-state index in [1.807, 2.05) is 0 Å². The van der Waals surface area contributed by atoms with Crippen molar-refractivity contribution in [1.82, 2.24) is 0 Å². The van der Waals surface area contributed by atoms with E-state index in [-0.39, 0.29) is 37.7 Å². The molecule has 0 aliphatic rings. The number of rotatable bonds is 0. The normalized spacial score (nSPS) is 16.0. The minimum absolute atomic E-state index is 0. The minimum atomic E-state index is -7.72. The second-order valence-corrected chi connectivity index (χ2v) is 3.49. The van der Waals surface area contributed by atoms with Crippen LogP contribution in [0.4, 0.5) is 0 Å². The van der Waals surface area contributed by atoms with Gasteiger partial charge in [0, 0.05) is 0 Å². The van der Waals surface area contributed by atoms with E-state index in [1.165, 1.54) is 0 Å². The summed E-state index contributed by atoms with van der Waals surface area (Å²) in [6, 6.07) is 0. The van der Waals surface area contributed by atoms with Crippen molar-refractivity contribution in [3.63, 3.8) is 0 Å². The molecule has 0 bridgehead atoms. The van der Waals surface area contributed by atoms with E-state index in [0.717, 1.165) is 0 Å². The molecule has 0 unspecified atom stereocenters. The first-order valence-corrected chi connectivity index (χ1v) is 4.27. The van der Waals surface area contributed by atoms with Crippen molar-refractivity contribution in [2.24, 2.45) is 0 Å². The van der Waals surface area contributed by atoms with E-state index in [1.54, 1.807) is 0 Å². The van der Waals surface area contributed by atoms with Crippen LogP contribution in [0, 0.1) is 0 Å². The predicted molar refractivity (Wildman–Crippen MR) is 7.81 cm³/mol. The van der Waals surface area contributed by atoms with Gasteiger partial charge in [-0.3, -0.25) is 0 Å². The zero-order valence-corrected chi connectivity index (χ0v) is 7.05. The molecule has 0 amide bonds. The average molecular weight is 221 g/mol. The van der Waals surface area contributed by atoms with Crippen LogP contribution in [0.5, 0.6) is 0 Å². The molecule has 0 saturated carbocycles. The molecule has 0 aliphatic carbocycles. The Morgan fingerprint density at radius 3 is 1.00 bits per heavy atom. The fraction of sp³-hybridized carbons (Fsp3) is 0. The van der Waals surface area contributed by atoms with Gasteiger partial charge in [0.25, 0.3) is 0 Å². The Labute approximate surface area is 69.7 Å². The van der Waals surface area contributed by atoms with Crippen LogP contribution in [0.15, 0.2) is 0 Å². The van der Waals surface area contributed by atoms with Gasteiger partial charge >= 0.3 is 70.5 Å². The molecule has 0 rings (SSSR count). The second kappa shape index (κ2) is 2.21. The SMILES string of the molecule is [Ca+2].[O]=[Ru](=[O])(=[O])([O-])[O-]. The van der Waals surface area contributed by atoms with Crippen LogP contribution in [-0.4, -0.2) is 37.7 Å². The van der Waals surface area contributed by atoms with Gasteiger partial charge in [-0.1, -0.05) is 0 Å². The predicted octanol–water partition coefficient (Wildman–Crippen LogP) is -3.12. The van der Waals surface area contributed by atoms with E-state index in [9.17, 15) is 0 Å². The van der Waals surface area contributed by atoms with Crippen LogP contribution in [-0.2, 0) is 24.9 Å². The second-order valence-electron chi connectivity index (χ2n) is 0.589. The summed E-state index contributed by atoms with van der Waals surface area (Å²) < 4.78 is 43.2. The first-order chi connectivity index (χ1) is 2.24. The Morgan fingerprint density at radius 1 is 1.00 bits per heavy atom. The summed E-state index contributed by atoms with van der Waals surface area (Å²) in [6.07, 6.45) is 0. The number of hydrogen-bond donors (Lipinski definition) is 0. The molecule has 0 aliphatic heterocycles. The van der Waals surface area contributed by atoms with Crippen molar-refractivity contribution in [3.8, 4) is 0 Å². The molecule has 0 heterocycles.